The monoisotopic (exact) mass is 366 g/mol. The van der Waals surface area contributed by atoms with E-state index in [0.29, 0.717) is 12.8 Å². The summed E-state index contributed by atoms with van der Waals surface area (Å²) in [6.45, 7) is 5.69. The Balaban J connectivity index is 2.87. The number of primary amides is 1. The molecule has 0 aromatic heterocycles. The SMILES string of the molecule is COc1cc(C(=O)NC(CCC(C)(C)C)C(=O)O)ccc1OCC(N)=O. The van der Waals surface area contributed by atoms with Crippen molar-refractivity contribution in [1.82, 2.24) is 5.32 Å². The van der Waals surface area contributed by atoms with Crippen molar-refractivity contribution in [3.05, 3.63) is 23.8 Å². The summed E-state index contributed by atoms with van der Waals surface area (Å²) in [7, 11) is 1.39. The summed E-state index contributed by atoms with van der Waals surface area (Å²) in [4.78, 5) is 34.6. The fraction of sp³-hybridized carbons (Fsp3) is 0.500. The number of hydrogen-bond donors (Lipinski definition) is 3. The van der Waals surface area contributed by atoms with Crippen LogP contribution in [0.4, 0.5) is 0 Å². The van der Waals surface area contributed by atoms with Gasteiger partial charge in [0.05, 0.1) is 7.11 Å². The number of carbonyl (C=O) groups excluding carboxylic acids is 2. The number of rotatable bonds is 9. The number of carboxylic acids is 1. The lowest BCUT2D eigenvalue weighted by atomic mass is 9.88. The molecule has 0 radical (unpaired) electrons. The highest BCUT2D eigenvalue weighted by atomic mass is 16.5. The first-order valence-corrected chi connectivity index (χ1v) is 8.16. The number of nitrogens with two attached hydrogens (primary N) is 1. The van der Waals surface area contributed by atoms with Gasteiger partial charge < -0.3 is 25.6 Å². The molecule has 1 aromatic rings. The van der Waals surface area contributed by atoms with E-state index in [1.807, 2.05) is 20.8 Å². The Morgan fingerprint density at radius 2 is 1.88 bits per heavy atom. The second-order valence-corrected chi connectivity index (χ2v) is 7.08. The van der Waals surface area contributed by atoms with Gasteiger partial charge in [0.1, 0.15) is 6.04 Å². The van der Waals surface area contributed by atoms with Gasteiger partial charge in [-0.25, -0.2) is 4.79 Å². The Morgan fingerprint density at radius 1 is 1.23 bits per heavy atom. The Labute approximate surface area is 152 Å². The van der Waals surface area contributed by atoms with Crippen molar-refractivity contribution in [2.24, 2.45) is 11.1 Å². The summed E-state index contributed by atoms with van der Waals surface area (Å²) in [5.74, 6) is -1.77. The Bertz CT molecular complexity index is 666. The maximum absolute atomic E-state index is 12.4. The average Bonchev–Trinajstić information content (AvgIpc) is 2.55. The predicted molar refractivity (Wildman–Crippen MR) is 95.3 cm³/mol. The third-order valence-corrected chi connectivity index (χ3v) is 3.58. The van der Waals surface area contributed by atoms with Gasteiger partial charge in [0.15, 0.2) is 18.1 Å². The molecule has 1 unspecified atom stereocenters. The quantitative estimate of drug-likeness (QED) is 0.608. The molecule has 1 rings (SSSR count). The normalized spacial score (nSPS) is 12.2. The summed E-state index contributed by atoms with van der Waals surface area (Å²) >= 11 is 0. The van der Waals surface area contributed by atoms with Crippen LogP contribution in [0.5, 0.6) is 11.5 Å². The molecule has 26 heavy (non-hydrogen) atoms. The van der Waals surface area contributed by atoms with E-state index in [2.05, 4.69) is 5.32 Å². The molecule has 0 fully saturated rings. The fourth-order valence-corrected chi connectivity index (χ4v) is 2.15. The van der Waals surface area contributed by atoms with Gasteiger partial charge in [0.2, 0.25) is 0 Å². The molecule has 8 heteroatoms. The fourth-order valence-electron chi connectivity index (χ4n) is 2.15. The third-order valence-electron chi connectivity index (χ3n) is 3.58. The van der Waals surface area contributed by atoms with Crippen molar-refractivity contribution in [2.75, 3.05) is 13.7 Å². The van der Waals surface area contributed by atoms with Crippen molar-refractivity contribution in [1.29, 1.82) is 0 Å². The summed E-state index contributed by atoms with van der Waals surface area (Å²) in [5.41, 5.74) is 5.20. The predicted octanol–water partition coefficient (Wildman–Crippen LogP) is 1.57. The first kappa shape index (κ1) is 21.3. The van der Waals surface area contributed by atoms with Crippen LogP contribution in [0.2, 0.25) is 0 Å². The molecule has 0 spiro atoms. The largest absolute Gasteiger partial charge is 0.493 e. The maximum Gasteiger partial charge on any atom is 0.326 e. The van der Waals surface area contributed by atoms with Gasteiger partial charge in [-0.2, -0.15) is 0 Å². The highest BCUT2D eigenvalue weighted by Gasteiger charge is 2.23. The highest BCUT2D eigenvalue weighted by molar-refractivity contribution is 5.97. The lowest BCUT2D eigenvalue weighted by Crippen LogP contribution is -2.41. The van der Waals surface area contributed by atoms with Gasteiger partial charge in [-0.15, -0.1) is 0 Å². The van der Waals surface area contributed by atoms with Gasteiger partial charge >= 0.3 is 5.97 Å². The van der Waals surface area contributed by atoms with Gasteiger partial charge in [-0.05, 0) is 36.5 Å². The van der Waals surface area contributed by atoms with Gasteiger partial charge in [-0.1, -0.05) is 20.8 Å². The number of methoxy groups -OCH3 is 1. The number of carbonyl (C=O) groups is 3. The van der Waals surface area contributed by atoms with Gasteiger partial charge in [0, 0.05) is 5.56 Å². The molecule has 2 amide bonds. The van der Waals surface area contributed by atoms with Gasteiger partial charge in [-0.3, -0.25) is 9.59 Å². The second-order valence-electron chi connectivity index (χ2n) is 7.08. The topological polar surface area (TPSA) is 128 Å². The third kappa shape index (κ3) is 7.00. The Hall–Kier alpha value is -2.77. The van der Waals surface area contributed by atoms with Crippen molar-refractivity contribution >= 4 is 17.8 Å². The maximum atomic E-state index is 12.4. The van der Waals surface area contributed by atoms with E-state index < -0.39 is 23.8 Å². The molecule has 0 saturated carbocycles. The van der Waals surface area contributed by atoms with Crippen LogP contribution < -0.4 is 20.5 Å². The van der Waals surface area contributed by atoms with Crippen molar-refractivity contribution < 1.29 is 29.0 Å². The molecule has 4 N–H and O–H groups in total. The van der Waals surface area contributed by atoms with Crippen LogP contribution in [-0.2, 0) is 9.59 Å². The zero-order valence-corrected chi connectivity index (χ0v) is 15.5. The molecule has 0 aliphatic carbocycles. The minimum atomic E-state index is -1.09. The number of hydrogen-bond acceptors (Lipinski definition) is 5. The lowest BCUT2D eigenvalue weighted by molar-refractivity contribution is -0.139. The zero-order valence-electron chi connectivity index (χ0n) is 15.5. The number of amides is 2. The number of aliphatic carboxylic acids is 1. The Morgan fingerprint density at radius 3 is 2.38 bits per heavy atom. The van der Waals surface area contributed by atoms with Crippen molar-refractivity contribution in [2.45, 2.75) is 39.7 Å². The number of ether oxygens (including phenoxy) is 2. The molecule has 1 atom stereocenters. The molecule has 1 aromatic carbocycles. The first-order valence-electron chi connectivity index (χ1n) is 8.16. The molecular formula is C18H26N2O6. The highest BCUT2D eigenvalue weighted by Crippen LogP contribution is 2.28. The van der Waals surface area contributed by atoms with Crippen LogP contribution in [0.15, 0.2) is 18.2 Å². The summed E-state index contributed by atoms with van der Waals surface area (Å²) in [5, 5.41) is 11.8. The Kier molecular flexibility index (Phi) is 7.42. The van der Waals surface area contributed by atoms with Crippen LogP contribution in [0, 0.1) is 5.41 Å². The molecule has 0 heterocycles. The molecule has 0 aliphatic rings. The molecule has 8 nitrogen and oxygen atoms in total. The molecule has 144 valence electrons. The van der Waals surface area contributed by atoms with E-state index in [9.17, 15) is 19.5 Å². The van der Waals surface area contributed by atoms with E-state index in [0.717, 1.165) is 0 Å². The molecule has 0 saturated heterocycles. The molecule has 0 bridgehead atoms. The van der Waals surface area contributed by atoms with Crippen LogP contribution in [-0.4, -0.2) is 42.6 Å². The van der Waals surface area contributed by atoms with Crippen molar-refractivity contribution in [3.63, 3.8) is 0 Å². The number of benzene rings is 1. The number of carboxylic acid groups (broad SMARTS) is 1. The van der Waals surface area contributed by atoms with Crippen LogP contribution in [0.25, 0.3) is 0 Å². The van der Waals surface area contributed by atoms with E-state index >= 15 is 0 Å². The van der Waals surface area contributed by atoms with Crippen LogP contribution in [0.1, 0.15) is 44.0 Å². The molecule has 0 aliphatic heterocycles. The van der Waals surface area contributed by atoms with E-state index in [1.165, 1.54) is 25.3 Å². The summed E-state index contributed by atoms with van der Waals surface area (Å²) in [6.07, 6.45) is 0.967. The van der Waals surface area contributed by atoms with E-state index in [-0.39, 0.29) is 29.1 Å². The van der Waals surface area contributed by atoms with Crippen LogP contribution >= 0.6 is 0 Å². The average molecular weight is 366 g/mol. The minimum absolute atomic E-state index is 0.0406. The van der Waals surface area contributed by atoms with E-state index in [1.54, 1.807) is 0 Å². The smallest absolute Gasteiger partial charge is 0.326 e. The number of nitrogens with one attached hydrogen (secondary N) is 1. The first-order chi connectivity index (χ1) is 12.0. The second kappa shape index (κ2) is 9.07. The van der Waals surface area contributed by atoms with Crippen LogP contribution in [0.3, 0.4) is 0 Å². The lowest BCUT2D eigenvalue weighted by Gasteiger charge is -2.21. The summed E-state index contributed by atoms with van der Waals surface area (Å²) in [6, 6.07) is 3.34. The van der Waals surface area contributed by atoms with Crippen molar-refractivity contribution in [3.8, 4) is 11.5 Å². The molecular weight excluding hydrogens is 340 g/mol. The minimum Gasteiger partial charge on any atom is -0.493 e. The van der Waals surface area contributed by atoms with E-state index in [4.69, 9.17) is 15.2 Å². The summed E-state index contributed by atoms with van der Waals surface area (Å²) < 4.78 is 10.3. The van der Waals surface area contributed by atoms with Gasteiger partial charge in [0.25, 0.3) is 11.8 Å². The standard InChI is InChI=1S/C18H26N2O6/c1-18(2,3)8-7-12(17(23)24)20-16(22)11-5-6-13(14(9-11)25-4)26-10-15(19)21/h5-6,9,12H,7-8,10H2,1-4H3,(H2,19,21)(H,20,22)(H,23,24). The zero-order chi connectivity index (χ0) is 19.9.